The minimum atomic E-state index is -1.62. The third-order valence-corrected chi connectivity index (χ3v) is 4.64. The quantitative estimate of drug-likeness (QED) is 0.313. The summed E-state index contributed by atoms with van der Waals surface area (Å²) >= 11 is 0. The molecule has 192 valence electrons. The van der Waals surface area contributed by atoms with Gasteiger partial charge in [-0.3, -0.25) is 24.0 Å². The van der Waals surface area contributed by atoms with Crippen molar-refractivity contribution in [3.8, 4) is 0 Å². The number of ether oxygens (including phenoxy) is 8. The van der Waals surface area contributed by atoms with Crippen molar-refractivity contribution < 1.29 is 67.0 Å². The van der Waals surface area contributed by atoms with Gasteiger partial charge in [0, 0.05) is 34.6 Å². The number of hydrogen-bond acceptors (Lipinski definition) is 14. The van der Waals surface area contributed by atoms with Crippen LogP contribution in [0.25, 0.3) is 0 Å². The second kappa shape index (κ2) is 12.1. The van der Waals surface area contributed by atoms with E-state index >= 15 is 0 Å². The second-order valence-electron chi connectivity index (χ2n) is 7.54. The van der Waals surface area contributed by atoms with Gasteiger partial charge in [-0.15, -0.1) is 0 Å². The van der Waals surface area contributed by atoms with Gasteiger partial charge < -0.3 is 43.0 Å². The first kappa shape index (κ1) is 27.4. The Morgan fingerprint density at radius 2 is 1.24 bits per heavy atom. The van der Waals surface area contributed by atoms with E-state index in [9.17, 15) is 29.1 Å². The Kier molecular flexibility index (Phi) is 9.73. The zero-order chi connectivity index (χ0) is 25.6. The molecule has 2 rings (SSSR count). The predicted octanol–water partition coefficient (Wildman–Crippen LogP) is -1.26. The van der Waals surface area contributed by atoms with Gasteiger partial charge in [0.05, 0.1) is 6.61 Å². The fourth-order valence-electron chi connectivity index (χ4n) is 3.48. The topological polar surface area (TPSA) is 179 Å². The number of hydrogen-bond donors (Lipinski definition) is 1. The third-order valence-electron chi connectivity index (χ3n) is 4.64. The van der Waals surface area contributed by atoms with Crippen LogP contribution in [0.4, 0.5) is 0 Å². The smallest absolute Gasteiger partial charge is 0.303 e. The summed E-state index contributed by atoms with van der Waals surface area (Å²) in [7, 11) is 0. The molecule has 0 aromatic carbocycles. The van der Waals surface area contributed by atoms with Crippen LogP contribution in [0.2, 0.25) is 0 Å². The van der Waals surface area contributed by atoms with E-state index in [0.717, 1.165) is 34.6 Å². The first-order chi connectivity index (χ1) is 15.9. The van der Waals surface area contributed by atoms with Crippen molar-refractivity contribution in [3.63, 3.8) is 0 Å². The molecule has 0 amide bonds. The van der Waals surface area contributed by atoms with Crippen LogP contribution in [0.5, 0.6) is 0 Å². The Morgan fingerprint density at radius 3 is 1.76 bits per heavy atom. The van der Waals surface area contributed by atoms with Crippen molar-refractivity contribution in [2.45, 2.75) is 83.8 Å². The zero-order valence-electron chi connectivity index (χ0n) is 19.3. The van der Waals surface area contributed by atoms with Crippen LogP contribution >= 0.6 is 0 Å². The summed E-state index contributed by atoms with van der Waals surface area (Å²) in [6.07, 6.45) is -10.6. The summed E-state index contributed by atoms with van der Waals surface area (Å²) in [5.74, 6) is -3.66. The first-order valence-electron chi connectivity index (χ1n) is 10.3. The number of aliphatic hydroxyl groups excluding tert-OH is 1. The van der Waals surface area contributed by atoms with Crippen molar-refractivity contribution in [2.75, 3.05) is 13.2 Å². The molecule has 2 aliphatic rings. The Labute approximate surface area is 194 Å². The molecule has 34 heavy (non-hydrogen) atoms. The Balaban J connectivity index is 2.31. The molecular formula is C20H28O14. The lowest BCUT2D eigenvalue weighted by Crippen LogP contribution is -2.58. The van der Waals surface area contributed by atoms with Crippen molar-refractivity contribution in [3.05, 3.63) is 0 Å². The fraction of sp³-hybridized carbons (Fsp3) is 0.750. The average Bonchev–Trinajstić information content (AvgIpc) is 2.99. The Morgan fingerprint density at radius 1 is 0.735 bits per heavy atom. The van der Waals surface area contributed by atoms with E-state index in [2.05, 4.69) is 0 Å². The van der Waals surface area contributed by atoms with Gasteiger partial charge in [0.15, 0.2) is 37.0 Å². The molecule has 2 aliphatic heterocycles. The first-order valence-corrected chi connectivity index (χ1v) is 10.3. The van der Waals surface area contributed by atoms with Gasteiger partial charge >= 0.3 is 29.8 Å². The number of aliphatic hydroxyl groups is 1. The highest BCUT2D eigenvalue weighted by Crippen LogP contribution is 2.32. The molecule has 14 nitrogen and oxygen atoms in total. The summed E-state index contributed by atoms with van der Waals surface area (Å²) in [5.41, 5.74) is 0. The molecule has 2 heterocycles. The highest BCUT2D eigenvalue weighted by molar-refractivity contribution is 5.68. The molecular weight excluding hydrogens is 464 g/mol. The molecule has 8 atom stereocenters. The van der Waals surface area contributed by atoms with E-state index < -0.39 is 79.1 Å². The highest BCUT2D eigenvalue weighted by atomic mass is 16.8. The van der Waals surface area contributed by atoms with Gasteiger partial charge in [-0.25, -0.2) is 0 Å². The lowest BCUT2D eigenvalue weighted by atomic mass is 10.0. The third kappa shape index (κ3) is 7.62. The molecule has 0 bridgehead atoms. The van der Waals surface area contributed by atoms with E-state index in [1.54, 1.807) is 0 Å². The van der Waals surface area contributed by atoms with Crippen LogP contribution in [0.15, 0.2) is 0 Å². The van der Waals surface area contributed by atoms with Gasteiger partial charge in [-0.05, 0) is 0 Å². The van der Waals surface area contributed by atoms with Crippen LogP contribution in [0.3, 0.4) is 0 Å². The number of esters is 5. The molecule has 2 saturated heterocycles. The van der Waals surface area contributed by atoms with Crippen molar-refractivity contribution >= 4 is 29.8 Å². The van der Waals surface area contributed by atoms with Crippen LogP contribution in [-0.4, -0.2) is 97.4 Å². The summed E-state index contributed by atoms with van der Waals surface area (Å²) < 4.78 is 42.4. The summed E-state index contributed by atoms with van der Waals surface area (Å²) in [6.45, 7) is 4.89. The fourth-order valence-corrected chi connectivity index (χ4v) is 3.48. The normalized spacial score (nSPS) is 32.9. The van der Waals surface area contributed by atoms with E-state index in [4.69, 9.17) is 37.9 Å². The minimum absolute atomic E-state index is 0.337. The predicted molar refractivity (Wildman–Crippen MR) is 104 cm³/mol. The summed E-state index contributed by atoms with van der Waals surface area (Å²) in [5, 5.41) is 10.1. The maximum absolute atomic E-state index is 11.7. The molecule has 14 heteroatoms. The van der Waals surface area contributed by atoms with Gasteiger partial charge in [0.25, 0.3) is 0 Å². The van der Waals surface area contributed by atoms with Gasteiger partial charge in [-0.1, -0.05) is 0 Å². The van der Waals surface area contributed by atoms with Crippen molar-refractivity contribution in [1.82, 2.24) is 0 Å². The zero-order valence-corrected chi connectivity index (χ0v) is 19.3. The summed E-state index contributed by atoms with van der Waals surface area (Å²) in [4.78, 5) is 57.8. The average molecular weight is 492 g/mol. The maximum Gasteiger partial charge on any atom is 0.303 e. The van der Waals surface area contributed by atoms with Crippen LogP contribution in [-0.2, 0) is 61.9 Å². The molecule has 0 saturated carbocycles. The number of carbonyl (C=O) groups excluding carboxylic acids is 5. The minimum Gasteiger partial charge on any atom is -0.463 e. The van der Waals surface area contributed by atoms with Crippen molar-refractivity contribution in [1.29, 1.82) is 0 Å². The molecule has 0 radical (unpaired) electrons. The molecule has 0 spiro atoms. The monoisotopic (exact) mass is 492 g/mol. The molecule has 0 aromatic heterocycles. The van der Waals surface area contributed by atoms with Gasteiger partial charge in [0.2, 0.25) is 0 Å². The highest BCUT2D eigenvalue weighted by Gasteiger charge is 2.54. The Hall–Kier alpha value is -2.81. The van der Waals surface area contributed by atoms with Crippen LogP contribution in [0, 0.1) is 0 Å². The number of rotatable bonds is 8. The molecule has 0 aromatic rings. The molecule has 1 N–H and O–H groups in total. The van der Waals surface area contributed by atoms with E-state index in [-0.39, 0.29) is 13.2 Å². The lowest BCUT2D eigenvalue weighted by Gasteiger charge is -2.40. The largest absolute Gasteiger partial charge is 0.463 e. The van der Waals surface area contributed by atoms with E-state index in [1.807, 2.05) is 0 Å². The van der Waals surface area contributed by atoms with Crippen molar-refractivity contribution in [2.24, 2.45) is 0 Å². The summed E-state index contributed by atoms with van der Waals surface area (Å²) in [6, 6.07) is 0. The van der Waals surface area contributed by atoms with E-state index in [0.29, 0.717) is 0 Å². The lowest BCUT2D eigenvalue weighted by molar-refractivity contribution is -0.298. The molecule has 8 unspecified atom stereocenters. The van der Waals surface area contributed by atoms with Gasteiger partial charge in [0.1, 0.15) is 18.8 Å². The standard InChI is InChI=1S/C20H28O14/c1-8(21)27-6-13-16(30-10(3)23)18(32-12(5)25)20(33-13)34-14-7-28-19(26)17(31-11(4)24)15(14)29-9(2)22/h13-20,26H,6-7H2,1-5H3. The Bertz CT molecular complexity index is 781. The van der Waals surface area contributed by atoms with Gasteiger partial charge in [-0.2, -0.15) is 0 Å². The van der Waals surface area contributed by atoms with Crippen LogP contribution in [0.1, 0.15) is 34.6 Å². The number of carbonyl (C=O) groups is 5. The SMILES string of the molecule is CC(=O)OCC1OC(OC2COC(O)C(OC(C)=O)C2OC(C)=O)C(OC(C)=O)C1OC(C)=O. The maximum atomic E-state index is 11.7. The van der Waals surface area contributed by atoms with E-state index in [1.165, 1.54) is 0 Å². The van der Waals surface area contributed by atoms with Crippen LogP contribution < -0.4 is 0 Å². The second-order valence-corrected chi connectivity index (χ2v) is 7.54. The molecule has 0 aliphatic carbocycles. The molecule has 2 fully saturated rings.